The number of nitrogens with two attached hydrogens (primary N) is 1. The molecular formula is C16H26N2O2S. The average Bonchev–Trinajstić information content (AvgIpc) is 2.36. The van der Waals surface area contributed by atoms with Gasteiger partial charge in [0, 0.05) is 12.8 Å². The minimum absolute atomic E-state index is 0.112. The van der Waals surface area contributed by atoms with Gasteiger partial charge in [-0.15, -0.1) is 0 Å². The van der Waals surface area contributed by atoms with Gasteiger partial charge in [0.2, 0.25) is 11.8 Å². The van der Waals surface area contributed by atoms with E-state index in [0.29, 0.717) is 23.7 Å². The van der Waals surface area contributed by atoms with Crippen molar-refractivity contribution in [3.05, 3.63) is 0 Å². The van der Waals surface area contributed by atoms with Gasteiger partial charge in [-0.3, -0.25) is 14.5 Å². The highest BCUT2D eigenvalue weighted by molar-refractivity contribution is 7.80. The number of carbonyl (C=O) groups excluding carboxylic acids is 2. The van der Waals surface area contributed by atoms with Crippen molar-refractivity contribution in [3.8, 4) is 0 Å². The van der Waals surface area contributed by atoms with Gasteiger partial charge in [-0.1, -0.05) is 39.4 Å². The largest absolute Gasteiger partial charge is 0.391 e. The monoisotopic (exact) mass is 310 g/mol. The van der Waals surface area contributed by atoms with Crippen molar-refractivity contribution in [3.63, 3.8) is 0 Å². The highest BCUT2D eigenvalue weighted by Crippen LogP contribution is 2.42. The molecule has 21 heavy (non-hydrogen) atoms. The van der Waals surface area contributed by atoms with Crippen molar-refractivity contribution in [2.45, 2.75) is 71.3 Å². The fourth-order valence-corrected chi connectivity index (χ4v) is 4.09. The van der Waals surface area contributed by atoms with Crippen molar-refractivity contribution in [2.75, 3.05) is 0 Å². The van der Waals surface area contributed by atoms with E-state index in [1.54, 1.807) is 0 Å². The third kappa shape index (κ3) is 2.98. The van der Waals surface area contributed by atoms with Crippen LogP contribution in [0.2, 0.25) is 0 Å². The standard InChI is InChI=1S/C16H26N2O2S/c1-4-11-5-7-16(8-6-11,14(17)21)18-12(19)9-15(2,3)10-13(18)20/h11H,4-10H2,1-3H3,(H2,17,21). The summed E-state index contributed by atoms with van der Waals surface area (Å²) in [5.41, 5.74) is 5.02. The summed E-state index contributed by atoms with van der Waals surface area (Å²) < 4.78 is 0. The lowest BCUT2D eigenvalue weighted by molar-refractivity contribution is -0.159. The third-order valence-electron chi connectivity index (χ3n) is 5.15. The molecule has 0 aromatic heterocycles. The normalized spacial score (nSPS) is 33.1. The SMILES string of the molecule is CCC1CCC(C(N)=S)(N2C(=O)CC(C)(C)CC2=O)CC1. The molecule has 1 aliphatic carbocycles. The van der Waals surface area contributed by atoms with Crippen molar-refractivity contribution in [2.24, 2.45) is 17.1 Å². The van der Waals surface area contributed by atoms with E-state index in [9.17, 15) is 9.59 Å². The smallest absolute Gasteiger partial charge is 0.230 e. The second-order valence-corrected chi connectivity index (χ2v) is 7.83. The van der Waals surface area contributed by atoms with Crippen LogP contribution < -0.4 is 5.73 Å². The average molecular weight is 310 g/mol. The molecular weight excluding hydrogens is 284 g/mol. The molecule has 2 N–H and O–H groups in total. The van der Waals surface area contributed by atoms with Gasteiger partial charge in [-0.25, -0.2) is 0 Å². The third-order valence-corrected chi connectivity index (χ3v) is 5.53. The van der Waals surface area contributed by atoms with Crippen LogP contribution >= 0.6 is 12.2 Å². The van der Waals surface area contributed by atoms with E-state index >= 15 is 0 Å². The van der Waals surface area contributed by atoms with Gasteiger partial charge in [0.1, 0.15) is 5.54 Å². The van der Waals surface area contributed by atoms with Gasteiger partial charge in [-0.2, -0.15) is 0 Å². The molecule has 0 radical (unpaired) electrons. The Morgan fingerprint density at radius 2 is 1.71 bits per heavy atom. The predicted molar refractivity (Wildman–Crippen MR) is 86.6 cm³/mol. The number of thiocarbonyl (C=S) groups is 1. The fourth-order valence-electron chi connectivity index (χ4n) is 3.80. The zero-order chi connectivity index (χ0) is 15.8. The van der Waals surface area contributed by atoms with Gasteiger partial charge in [-0.05, 0) is 37.0 Å². The molecule has 0 aromatic rings. The summed E-state index contributed by atoms with van der Waals surface area (Å²) in [7, 11) is 0. The first kappa shape index (κ1) is 16.4. The molecule has 0 bridgehead atoms. The van der Waals surface area contributed by atoms with Gasteiger partial charge in [0.05, 0.1) is 4.99 Å². The Balaban J connectivity index is 2.29. The molecule has 0 spiro atoms. The van der Waals surface area contributed by atoms with E-state index in [4.69, 9.17) is 18.0 Å². The minimum Gasteiger partial charge on any atom is -0.391 e. The molecule has 0 atom stereocenters. The summed E-state index contributed by atoms with van der Waals surface area (Å²) in [6, 6.07) is 0. The number of hydrogen-bond donors (Lipinski definition) is 1. The van der Waals surface area contributed by atoms with Crippen LogP contribution in [0.25, 0.3) is 0 Å². The van der Waals surface area contributed by atoms with Crippen LogP contribution in [0, 0.1) is 11.3 Å². The zero-order valence-electron chi connectivity index (χ0n) is 13.3. The quantitative estimate of drug-likeness (QED) is 0.643. The van der Waals surface area contributed by atoms with E-state index in [1.165, 1.54) is 4.90 Å². The van der Waals surface area contributed by atoms with E-state index in [0.717, 1.165) is 32.1 Å². The van der Waals surface area contributed by atoms with Crippen LogP contribution in [0.5, 0.6) is 0 Å². The maximum atomic E-state index is 12.6. The number of nitrogens with zero attached hydrogens (tertiary/aromatic N) is 1. The van der Waals surface area contributed by atoms with Crippen LogP contribution in [0.15, 0.2) is 0 Å². The van der Waals surface area contributed by atoms with Crippen molar-refractivity contribution in [1.29, 1.82) is 0 Å². The van der Waals surface area contributed by atoms with Crippen LogP contribution in [0.3, 0.4) is 0 Å². The molecule has 2 amide bonds. The second-order valence-electron chi connectivity index (χ2n) is 7.39. The summed E-state index contributed by atoms with van der Waals surface area (Å²) in [4.78, 5) is 26.9. The first-order valence-electron chi connectivity index (χ1n) is 7.88. The van der Waals surface area contributed by atoms with Crippen molar-refractivity contribution < 1.29 is 9.59 Å². The summed E-state index contributed by atoms with van der Waals surface area (Å²) in [6.45, 7) is 6.10. The summed E-state index contributed by atoms with van der Waals surface area (Å²) in [5.74, 6) is 0.428. The summed E-state index contributed by atoms with van der Waals surface area (Å²) in [5, 5.41) is 0. The maximum Gasteiger partial charge on any atom is 0.230 e. The Hall–Kier alpha value is -0.970. The van der Waals surface area contributed by atoms with Crippen LogP contribution in [0.1, 0.15) is 65.7 Å². The van der Waals surface area contributed by atoms with Crippen molar-refractivity contribution in [1.82, 2.24) is 4.90 Å². The number of piperidine rings is 1. The first-order valence-corrected chi connectivity index (χ1v) is 8.28. The molecule has 5 heteroatoms. The molecule has 2 fully saturated rings. The molecule has 0 unspecified atom stereocenters. The molecule has 118 valence electrons. The van der Waals surface area contributed by atoms with E-state index in [1.807, 2.05) is 13.8 Å². The molecule has 0 aromatic carbocycles. The number of likely N-dealkylation sites (tertiary alicyclic amines) is 1. The Kier molecular flexibility index (Phi) is 4.43. The molecule has 1 heterocycles. The Bertz CT molecular complexity index is 445. The highest BCUT2D eigenvalue weighted by atomic mass is 32.1. The van der Waals surface area contributed by atoms with Gasteiger partial charge in [0.15, 0.2) is 0 Å². The lowest BCUT2D eigenvalue weighted by Crippen LogP contribution is -2.64. The Morgan fingerprint density at radius 1 is 1.24 bits per heavy atom. The Morgan fingerprint density at radius 3 is 2.10 bits per heavy atom. The van der Waals surface area contributed by atoms with E-state index < -0.39 is 5.54 Å². The first-order chi connectivity index (χ1) is 9.72. The lowest BCUT2D eigenvalue weighted by atomic mass is 9.72. The summed E-state index contributed by atoms with van der Waals surface area (Å²) >= 11 is 5.28. The minimum atomic E-state index is -0.717. The number of carbonyl (C=O) groups is 2. The van der Waals surface area contributed by atoms with Gasteiger partial charge >= 0.3 is 0 Å². The number of hydrogen-bond acceptors (Lipinski definition) is 3. The highest BCUT2D eigenvalue weighted by Gasteiger charge is 2.51. The lowest BCUT2D eigenvalue weighted by Gasteiger charge is -2.49. The molecule has 4 nitrogen and oxygen atoms in total. The predicted octanol–water partition coefficient (Wildman–Crippen LogP) is 2.79. The number of rotatable bonds is 3. The van der Waals surface area contributed by atoms with Crippen molar-refractivity contribution >= 4 is 29.0 Å². The molecule has 1 saturated carbocycles. The van der Waals surface area contributed by atoms with E-state index in [-0.39, 0.29) is 17.2 Å². The van der Waals surface area contributed by atoms with Gasteiger partial charge < -0.3 is 5.73 Å². The molecule has 2 aliphatic rings. The van der Waals surface area contributed by atoms with E-state index in [2.05, 4.69) is 6.92 Å². The summed E-state index contributed by atoms with van der Waals surface area (Å²) in [6.07, 6.45) is 5.31. The van der Waals surface area contributed by atoms with Crippen LogP contribution in [-0.2, 0) is 9.59 Å². The topological polar surface area (TPSA) is 63.4 Å². The van der Waals surface area contributed by atoms with Crippen LogP contribution in [-0.4, -0.2) is 27.2 Å². The van der Waals surface area contributed by atoms with Crippen LogP contribution in [0.4, 0.5) is 0 Å². The second kappa shape index (κ2) is 5.67. The number of amides is 2. The molecule has 2 rings (SSSR count). The van der Waals surface area contributed by atoms with Gasteiger partial charge in [0.25, 0.3) is 0 Å². The number of imide groups is 1. The fraction of sp³-hybridized carbons (Fsp3) is 0.812. The molecule has 1 saturated heterocycles. The zero-order valence-corrected chi connectivity index (χ0v) is 14.1. The molecule has 1 aliphatic heterocycles. The Labute approximate surface area is 132 Å². The maximum absolute atomic E-state index is 12.6.